The summed E-state index contributed by atoms with van der Waals surface area (Å²) in [5, 5.41) is 0. The predicted molar refractivity (Wildman–Crippen MR) is 74.6 cm³/mol. The van der Waals surface area contributed by atoms with Crippen LogP contribution in [-0.2, 0) is 9.53 Å². The average Bonchev–Trinajstić information content (AvgIpc) is 2.47. The van der Waals surface area contributed by atoms with E-state index in [2.05, 4.69) is 6.92 Å². The molecule has 1 aliphatic rings. The molecule has 1 heterocycles. The first-order chi connectivity index (χ1) is 9.22. The van der Waals surface area contributed by atoms with E-state index in [0.29, 0.717) is 19.7 Å². The van der Waals surface area contributed by atoms with Gasteiger partial charge in [0, 0.05) is 13.1 Å². The van der Waals surface area contributed by atoms with E-state index in [-0.39, 0.29) is 12.0 Å². The van der Waals surface area contributed by atoms with E-state index in [9.17, 15) is 4.79 Å². The first kappa shape index (κ1) is 14.0. The lowest BCUT2D eigenvalue weighted by atomic mass is 10.1. The van der Waals surface area contributed by atoms with Gasteiger partial charge in [-0.2, -0.15) is 0 Å². The molecule has 1 amide bonds. The van der Waals surface area contributed by atoms with Crippen molar-refractivity contribution in [3.8, 4) is 0 Å². The number of ether oxygens (including phenoxy) is 1. The van der Waals surface area contributed by atoms with Crippen LogP contribution in [0.3, 0.4) is 0 Å². The molecule has 0 spiro atoms. The standard InChI is InChI=1S/C15H22N2O2/c1-2-6-13-11-17(9-10-19-13)15(18)14(16)12-7-4-3-5-8-12/h3-5,7-8,13-14H,2,6,9-11,16H2,1H3. The molecule has 1 saturated heterocycles. The minimum atomic E-state index is -0.568. The molecule has 4 nitrogen and oxygen atoms in total. The maximum atomic E-state index is 12.4. The summed E-state index contributed by atoms with van der Waals surface area (Å²) in [7, 11) is 0. The Labute approximate surface area is 114 Å². The number of hydrogen-bond donors (Lipinski definition) is 1. The lowest BCUT2D eigenvalue weighted by molar-refractivity contribution is -0.140. The van der Waals surface area contributed by atoms with Gasteiger partial charge in [0.1, 0.15) is 6.04 Å². The van der Waals surface area contributed by atoms with Crippen LogP contribution in [0.4, 0.5) is 0 Å². The van der Waals surface area contributed by atoms with Crippen molar-refractivity contribution in [3.05, 3.63) is 35.9 Å². The average molecular weight is 262 g/mol. The first-order valence-electron chi connectivity index (χ1n) is 6.93. The summed E-state index contributed by atoms with van der Waals surface area (Å²) < 4.78 is 5.65. The van der Waals surface area contributed by atoms with Gasteiger partial charge in [0.25, 0.3) is 0 Å². The van der Waals surface area contributed by atoms with E-state index in [0.717, 1.165) is 18.4 Å². The van der Waals surface area contributed by atoms with E-state index in [1.54, 1.807) is 0 Å². The second-order valence-corrected chi connectivity index (χ2v) is 4.95. The monoisotopic (exact) mass is 262 g/mol. The molecular formula is C15H22N2O2. The van der Waals surface area contributed by atoms with Crippen LogP contribution in [-0.4, -0.2) is 36.6 Å². The highest BCUT2D eigenvalue weighted by Gasteiger charge is 2.27. The lowest BCUT2D eigenvalue weighted by Crippen LogP contribution is -2.48. The number of morpholine rings is 1. The molecule has 0 bridgehead atoms. The summed E-state index contributed by atoms with van der Waals surface area (Å²) in [6.45, 7) is 4.03. The highest BCUT2D eigenvalue weighted by atomic mass is 16.5. The lowest BCUT2D eigenvalue weighted by Gasteiger charge is -2.34. The minimum Gasteiger partial charge on any atom is -0.375 e. The molecule has 4 heteroatoms. The summed E-state index contributed by atoms with van der Waals surface area (Å²) >= 11 is 0. The molecule has 2 rings (SSSR count). The zero-order chi connectivity index (χ0) is 13.7. The van der Waals surface area contributed by atoms with Crippen molar-refractivity contribution < 1.29 is 9.53 Å². The Morgan fingerprint density at radius 1 is 1.47 bits per heavy atom. The van der Waals surface area contributed by atoms with Crippen LogP contribution >= 0.6 is 0 Å². The normalized spacial score (nSPS) is 21.2. The SMILES string of the molecule is CCCC1CN(C(=O)C(N)c2ccccc2)CCO1. The summed E-state index contributed by atoms with van der Waals surface area (Å²) in [4.78, 5) is 14.2. The van der Waals surface area contributed by atoms with Gasteiger partial charge >= 0.3 is 0 Å². The molecule has 0 radical (unpaired) electrons. The van der Waals surface area contributed by atoms with Gasteiger partial charge in [-0.05, 0) is 12.0 Å². The molecule has 0 aliphatic carbocycles. The Balaban J connectivity index is 1.99. The van der Waals surface area contributed by atoms with Gasteiger partial charge in [-0.3, -0.25) is 4.79 Å². The Morgan fingerprint density at radius 3 is 2.89 bits per heavy atom. The van der Waals surface area contributed by atoms with Gasteiger partial charge < -0.3 is 15.4 Å². The van der Waals surface area contributed by atoms with Crippen LogP contribution in [0.5, 0.6) is 0 Å². The molecule has 104 valence electrons. The Bertz CT molecular complexity index is 406. The van der Waals surface area contributed by atoms with Gasteiger partial charge in [-0.15, -0.1) is 0 Å². The topological polar surface area (TPSA) is 55.6 Å². The second kappa shape index (κ2) is 6.68. The maximum Gasteiger partial charge on any atom is 0.244 e. The summed E-state index contributed by atoms with van der Waals surface area (Å²) in [6.07, 6.45) is 2.22. The van der Waals surface area contributed by atoms with E-state index in [4.69, 9.17) is 10.5 Å². The number of benzene rings is 1. The van der Waals surface area contributed by atoms with Crippen molar-refractivity contribution >= 4 is 5.91 Å². The minimum absolute atomic E-state index is 0.00407. The van der Waals surface area contributed by atoms with Gasteiger partial charge in [-0.25, -0.2) is 0 Å². The third-order valence-electron chi connectivity index (χ3n) is 3.49. The number of hydrogen-bond acceptors (Lipinski definition) is 3. The molecule has 19 heavy (non-hydrogen) atoms. The van der Waals surface area contributed by atoms with Crippen LogP contribution in [0.25, 0.3) is 0 Å². The zero-order valence-corrected chi connectivity index (χ0v) is 11.4. The molecule has 0 aromatic heterocycles. The number of carbonyl (C=O) groups is 1. The Kier molecular flexibility index (Phi) is 4.93. The molecule has 2 unspecified atom stereocenters. The predicted octanol–water partition coefficient (Wildman–Crippen LogP) is 1.71. The summed E-state index contributed by atoms with van der Waals surface area (Å²) in [6, 6.07) is 8.95. The highest BCUT2D eigenvalue weighted by Crippen LogP contribution is 2.17. The largest absolute Gasteiger partial charge is 0.375 e. The third-order valence-corrected chi connectivity index (χ3v) is 3.49. The third kappa shape index (κ3) is 3.55. The fourth-order valence-electron chi connectivity index (χ4n) is 2.42. The number of carbonyl (C=O) groups excluding carboxylic acids is 1. The summed E-state index contributed by atoms with van der Waals surface area (Å²) in [5.74, 6) is -0.00407. The van der Waals surface area contributed by atoms with Crippen molar-refractivity contribution in [1.29, 1.82) is 0 Å². The molecule has 2 atom stereocenters. The van der Waals surface area contributed by atoms with Gasteiger partial charge in [0.05, 0.1) is 12.7 Å². The van der Waals surface area contributed by atoms with Crippen molar-refractivity contribution in [2.24, 2.45) is 5.73 Å². The molecule has 0 saturated carbocycles. The molecule has 1 aromatic rings. The zero-order valence-electron chi connectivity index (χ0n) is 11.4. The number of rotatable bonds is 4. The fraction of sp³-hybridized carbons (Fsp3) is 0.533. The van der Waals surface area contributed by atoms with Crippen molar-refractivity contribution in [1.82, 2.24) is 4.90 Å². The smallest absolute Gasteiger partial charge is 0.244 e. The molecule has 2 N–H and O–H groups in total. The maximum absolute atomic E-state index is 12.4. The Morgan fingerprint density at radius 2 is 2.21 bits per heavy atom. The molecule has 1 aromatic carbocycles. The molecule has 1 fully saturated rings. The van der Waals surface area contributed by atoms with Gasteiger partial charge in [0.15, 0.2) is 0 Å². The Hall–Kier alpha value is -1.39. The number of nitrogens with zero attached hydrogens (tertiary/aromatic N) is 1. The van der Waals surface area contributed by atoms with Crippen molar-refractivity contribution in [3.63, 3.8) is 0 Å². The van der Waals surface area contributed by atoms with Crippen LogP contribution in [0.2, 0.25) is 0 Å². The van der Waals surface area contributed by atoms with Gasteiger partial charge in [-0.1, -0.05) is 43.7 Å². The van der Waals surface area contributed by atoms with Crippen LogP contribution in [0, 0.1) is 0 Å². The van der Waals surface area contributed by atoms with Crippen LogP contribution in [0.15, 0.2) is 30.3 Å². The van der Waals surface area contributed by atoms with Gasteiger partial charge in [0.2, 0.25) is 5.91 Å². The van der Waals surface area contributed by atoms with E-state index in [1.807, 2.05) is 35.2 Å². The molecule has 1 aliphatic heterocycles. The summed E-state index contributed by atoms with van der Waals surface area (Å²) in [5.41, 5.74) is 6.92. The quantitative estimate of drug-likeness (QED) is 0.898. The number of amides is 1. The second-order valence-electron chi connectivity index (χ2n) is 4.95. The molecular weight excluding hydrogens is 240 g/mol. The van der Waals surface area contributed by atoms with Crippen molar-refractivity contribution in [2.45, 2.75) is 31.9 Å². The first-order valence-corrected chi connectivity index (χ1v) is 6.93. The number of nitrogens with two attached hydrogens (primary N) is 1. The highest BCUT2D eigenvalue weighted by molar-refractivity contribution is 5.83. The van der Waals surface area contributed by atoms with E-state index in [1.165, 1.54) is 0 Å². The van der Waals surface area contributed by atoms with Crippen LogP contribution < -0.4 is 5.73 Å². The van der Waals surface area contributed by atoms with E-state index >= 15 is 0 Å². The fourth-order valence-corrected chi connectivity index (χ4v) is 2.42. The van der Waals surface area contributed by atoms with Crippen LogP contribution in [0.1, 0.15) is 31.4 Å². The van der Waals surface area contributed by atoms with E-state index < -0.39 is 6.04 Å². The van der Waals surface area contributed by atoms with Crippen molar-refractivity contribution in [2.75, 3.05) is 19.7 Å².